The standard InChI is InChI=1S/C9H9ClO2/c1-12-8-6-4-2-3-5-7(8)9(10)11/h2-3,5-6H,4H2,1H3. The molecule has 0 heterocycles. The van der Waals surface area contributed by atoms with Crippen LogP contribution in [0, 0.1) is 0 Å². The van der Waals surface area contributed by atoms with Crippen molar-refractivity contribution in [2.24, 2.45) is 0 Å². The van der Waals surface area contributed by atoms with Gasteiger partial charge in [0.1, 0.15) is 5.76 Å². The molecule has 0 saturated heterocycles. The molecule has 0 atom stereocenters. The number of carbonyl (C=O) groups is 1. The molecular weight excluding hydrogens is 176 g/mol. The molecule has 64 valence electrons. The maximum absolute atomic E-state index is 10.9. The van der Waals surface area contributed by atoms with Crippen molar-refractivity contribution in [3.63, 3.8) is 0 Å². The van der Waals surface area contributed by atoms with Crippen molar-refractivity contribution in [3.8, 4) is 0 Å². The summed E-state index contributed by atoms with van der Waals surface area (Å²) in [5.41, 5.74) is 0.410. The van der Waals surface area contributed by atoms with E-state index in [2.05, 4.69) is 0 Å². The Balaban J connectivity index is 2.98. The Hall–Kier alpha value is -1.02. The first-order valence-electron chi connectivity index (χ1n) is 3.57. The van der Waals surface area contributed by atoms with Crippen LogP contribution in [0.4, 0.5) is 0 Å². The molecule has 2 nitrogen and oxygen atoms in total. The fourth-order valence-electron chi connectivity index (χ4n) is 0.966. The molecule has 12 heavy (non-hydrogen) atoms. The molecule has 0 N–H and O–H groups in total. The molecule has 0 radical (unpaired) electrons. The molecule has 0 fully saturated rings. The number of methoxy groups -OCH3 is 1. The lowest BCUT2D eigenvalue weighted by Crippen LogP contribution is -1.99. The topological polar surface area (TPSA) is 26.3 Å². The zero-order valence-corrected chi connectivity index (χ0v) is 7.47. The molecule has 0 unspecified atom stereocenters. The van der Waals surface area contributed by atoms with Gasteiger partial charge >= 0.3 is 0 Å². The van der Waals surface area contributed by atoms with Crippen molar-refractivity contribution in [2.45, 2.75) is 6.42 Å². The van der Waals surface area contributed by atoms with Gasteiger partial charge in [0.2, 0.25) is 0 Å². The summed E-state index contributed by atoms with van der Waals surface area (Å²) < 4.78 is 4.99. The van der Waals surface area contributed by atoms with Gasteiger partial charge < -0.3 is 4.74 Å². The highest BCUT2D eigenvalue weighted by Gasteiger charge is 2.12. The van der Waals surface area contributed by atoms with Crippen LogP contribution in [0.25, 0.3) is 0 Å². The van der Waals surface area contributed by atoms with E-state index in [4.69, 9.17) is 16.3 Å². The van der Waals surface area contributed by atoms with E-state index in [0.717, 1.165) is 6.42 Å². The van der Waals surface area contributed by atoms with Gasteiger partial charge in [0.15, 0.2) is 0 Å². The molecule has 1 aliphatic carbocycles. The lowest BCUT2D eigenvalue weighted by Gasteiger charge is -2.04. The third-order valence-electron chi connectivity index (χ3n) is 1.54. The van der Waals surface area contributed by atoms with E-state index < -0.39 is 5.24 Å². The highest BCUT2D eigenvalue weighted by Crippen LogP contribution is 2.17. The van der Waals surface area contributed by atoms with Crippen molar-refractivity contribution in [3.05, 3.63) is 35.6 Å². The maximum atomic E-state index is 10.9. The molecule has 0 aromatic heterocycles. The second-order valence-corrected chi connectivity index (χ2v) is 2.63. The van der Waals surface area contributed by atoms with Crippen molar-refractivity contribution >= 4 is 16.8 Å². The van der Waals surface area contributed by atoms with Crippen molar-refractivity contribution in [2.75, 3.05) is 7.11 Å². The number of carbonyl (C=O) groups excluding carboxylic acids is 1. The Bertz CT molecular complexity index is 274. The van der Waals surface area contributed by atoms with Crippen molar-refractivity contribution in [1.82, 2.24) is 0 Å². The summed E-state index contributed by atoms with van der Waals surface area (Å²) in [6.07, 6.45) is 7.94. The molecule has 1 aliphatic rings. The Morgan fingerprint density at radius 3 is 3.00 bits per heavy atom. The molecule has 0 aromatic rings. The van der Waals surface area contributed by atoms with Crippen molar-refractivity contribution < 1.29 is 9.53 Å². The maximum Gasteiger partial charge on any atom is 0.256 e. The van der Waals surface area contributed by atoms with E-state index in [0.29, 0.717) is 11.3 Å². The monoisotopic (exact) mass is 184 g/mol. The highest BCUT2D eigenvalue weighted by atomic mass is 35.5. The van der Waals surface area contributed by atoms with Crippen LogP contribution in [-0.4, -0.2) is 12.4 Å². The summed E-state index contributed by atoms with van der Waals surface area (Å²) in [5.74, 6) is 0.542. The molecule has 0 bridgehead atoms. The fraction of sp³-hybridized carbons (Fsp3) is 0.222. The average Bonchev–Trinajstić information content (AvgIpc) is 2.27. The fourth-order valence-corrected chi connectivity index (χ4v) is 1.12. The average molecular weight is 185 g/mol. The van der Waals surface area contributed by atoms with Crippen molar-refractivity contribution in [1.29, 1.82) is 0 Å². The third kappa shape index (κ3) is 1.98. The predicted octanol–water partition coefficient (Wildman–Crippen LogP) is 2.17. The van der Waals surface area contributed by atoms with Gasteiger partial charge in [-0.1, -0.05) is 12.2 Å². The lowest BCUT2D eigenvalue weighted by atomic mass is 10.2. The first kappa shape index (κ1) is 9.07. The molecular formula is C9H9ClO2. The van der Waals surface area contributed by atoms with Crippen LogP contribution in [0.3, 0.4) is 0 Å². The Morgan fingerprint density at radius 2 is 2.42 bits per heavy atom. The summed E-state index contributed by atoms with van der Waals surface area (Å²) in [4.78, 5) is 10.9. The second-order valence-electron chi connectivity index (χ2n) is 2.29. The van der Waals surface area contributed by atoms with Gasteiger partial charge in [0, 0.05) is 0 Å². The number of hydrogen-bond acceptors (Lipinski definition) is 2. The van der Waals surface area contributed by atoms with Gasteiger partial charge in [-0.3, -0.25) is 4.79 Å². The number of rotatable bonds is 2. The minimum absolute atomic E-state index is 0.410. The van der Waals surface area contributed by atoms with Crippen LogP contribution in [0.15, 0.2) is 35.6 Å². The van der Waals surface area contributed by atoms with Gasteiger partial charge in [-0.2, -0.15) is 0 Å². The van der Waals surface area contributed by atoms with E-state index in [1.807, 2.05) is 12.2 Å². The molecule has 1 rings (SSSR count). The molecule has 0 saturated carbocycles. The van der Waals surface area contributed by atoms with Gasteiger partial charge in [-0.25, -0.2) is 0 Å². The van der Waals surface area contributed by atoms with E-state index in [9.17, 15) is 4.79 Å². The number of halogens is 1. The molecule has 0 aliphatic heterocycles. The van der Waals surface area contributed by atoms with E-state index >= 15 is 0 Å². The first-order chi connectivity index (χ1) is 5.75. The summed E-state index contributed by atoms with van der Waals surface area (Å²) in [7, 11) is 1.52. The van der Waals surface area contributed by atoms with Gasteiger partial charge in [0.25, 0.3) is 5.24 Å². The zero-order chi connectivity index (χ0) is 8.97. The largest absolute Gasteiger partial charge is 0.496 e. The molecule has 3 heteroatoms. The van der Waals surface area contributed by atoms with Crippen LogP contribution in [-0.2, 0) is 9.53 Å². The first-order valence-corrected chi connectivity index (χ1v) is 3.94. The summed E-state index contributed by atoms with van der Waals surface area (Å²) in [6, 6.07) is 0. The minimum atomic E-state index is -0.491. The highest BCUT2D eigenvalue weighted by molar-refractivity contribution is 6.68. The molecule has 0 aromatic carbocycles. The van der Waals surface area contributed by atoms with E-state index in [-0.39, 0.29) is 0 Å². The van der Waals surface area contributed by atoms with E-state index in [1.165, 1.54) is 7.11 Å². The Morgan fingerprint density at radius 1 is 1.67 bits per heavy atom. The Labute approximate surface area is 76.2 Å². The predicted molar refractivity (Wildman–Crippen MR) is 47.8 cm³/mol. The normalized spacial score (nSPS) is 16.2. The summed E-state index contributed by atoms with van der Waals surface area (Å²) in [6.45, 7) is 0. The SMILES string of the molecule is COC1=CCC=CC=C1C(=O)Cl. The van der Waals surface area contributed by atoms with E-state index in [1.54, 1.807) is 12.2 Å². The van der Waals surface area contributed by atoms with Crippen LogP contribution in [0.2, 0.25) is 0 Å². The number of ether oxygens (including phenoxy) is 1. The van der Waals surface area contributed by atoms with Crippen LogP contribution in [0.5, 0.6) is 0 Å². The third-order valence-corrected chi connectivity index (χ3v) is 1.74. The molecule has 0 amide bonds. The number of allylic oxidation sites excluding steroid dienone is 5. The van der Waals surface area contributed by atoms with Crippen LogP contribution < -0.4 is 0 Å². The lowest BCUT2D eigenvalue weighted by molar-refractivity contribution is -0.108. The zero-order valence-electron chi connectivity index (χ0n) is 6.71. The smallest absolute Gasteiger partial charge is 0.256 e. The van der Waals surface area contributed by atoms with Gasteiger partial charge in [-0.15, -0.1) is 0 Å². The minimum Gasteiger partial charge on any atom is -0.496 e. The van der Waals surface area contributed by atoms with Crippen LogP contribution in [0.1, 0.15) is 6.42 Å². The Kier molecular flexibility index (Phi) is 3.11. The van der Waals surface area contributed by atoms with Gasteiger partial charge in [0.05, 0.1) is 12.7 Å². The second kappa shape index (κ2) is 4.12. The number of hydrogen-bond donors (Lipinski definition) is 0. The van der Waals surface area contributed by atoms with Crippen LogP contribution >= 0.6 is 11.6 Å². The van der Waals surface area contributed by atoms with Gasteiger partial charge in [-0.05, 0) is 30.2 Å². The molecule has 0 spiro atoms. The quantitative estimate of drug-likeness (QED) is 0.615. The summed E-state index contributed by atoms with van der Waals surface area (Å²) in [5, 5.41) is -0.491. The summed E-state index contributed by atoms with van der Waals surface area (Å²) >= 11 is 5.34.